The van der Waals surface area contributed by atoms with E-state index in [2.05, 4.69) is 74.8 Å². The SMILES string of the molecule is N#Cc1cc(C#N)cc(-c2ccc3c(c2)c2cc(-c4cc(C#N)cc(C#N)c4)ccc2n3-c2cc(C#N)ccc2-c2c(C#N)ccc(-c3ccncc3)c2-n2c3ccc(-c4cc(C#N)cc(C#N)c4)cc3c3cc(-c4cc(C#N)cc(C#N)c4)ccc32)c1. The molecule has 0 radical (unpaired) electrons. The molecule has 0 bridgehead atoms. The van der Waals surface area contributed by atoms with Gasteiger partial charge in [-0.1, -0.05) is 36.4 Å². The van der Waals surface area contributed by atoms with E-state index >= 15 is 0 Å². The Balaban J connectivity index is 1.15. The molecule has 0 saturated heterocycles. The second kappa shape index (κ2) is 21.6. The van der Waals surface area contributed by atoms with Crippen molar-refractivity contribution in [2.75, 3.05) is 0 Å². The van der Waals surface area contributed by atoms with Crippen molar-refractivity contribution in [3.05, 3.63) is 256 Å². The molecule has 13 rings (SSSR count). The van der Waals surface area contributed by atoms with Gasteiger partial charge in [0.05, 0.1) is 150 Å². The van der Waals surface area contributed by atoms with Gasteiger partial charge in [0.2, 0.25) is 0 Å². The van der Waals surface area contributed by atoms with Crippen molar-refractivity contribution in [1.29, 1.82) is 52.6 Å². The number of rotatable bonds is 8. The van der Waals surface area contributed by atoms with E-state index in [9.17, 15) is 52.6 Å². The molecule has 3 aromatic heterocycles. The van der Waals surface area contributed by atoms with Crippen LogP contribution >= 0.6 is 0 Å². The highest BCUT2D eigenvalue weighted by Gasteiger charge is 2.27. The number of nitrogens with zero attached hydrogens (tertiary/aromatic N) is 13. The molecule has 0 fully saturated rings. The summed E-state index contributed by atoms with van der Waals surface area (Å²) in [5, 5.41) is 106. The molecule has 398 valence electrons. The van der Waals surface area contributed by atoms with Crippen molar-refractivity contribution < 1.29 is 0 Å². The van der Waals surface area contributed by atoms with Crippen molar-refractivity contribution in [2.45, 2.75) is 0 Å². The molecular weight excluding hydrogens is 1080 g/mol. The van der Waals surface area contributed by atoms with Crippen LogP contribution in [-0.4, -0.2) is 14.1 Å². The van der Waals surface area contributed by atoms with Gasteiger partial charge < -0.3 is 9.13 Å². The summed E-state index contributed by atoms with van der Waals surface area (Å²) < 4.78 is 4.17. The number of pyridine rings is 1. The van der Waals surface area contributed by atoms with Crippen molar-refractivity contribution in [3.63, 3.8) is 0 Å². The normalized spacial score (nSPS) is 10.6. The molecule has 0 spiro atoms. The molecule has 0 saturated carbocycles. The van der Waals surface area contributed by atoms with Crippen LogP contribution in [-0.2, 0) is 0 Å². The maximum absolute atomic E-state index is 11.6. The monoisotopic (exact) mass is 1120 g/mol. The van der Waals surface area contributed by atoms with E-state index in [-0.39, 0.29) is 0 Å². The Bertz CT molecular complexity index is 5320. The minimum atomic E-state index is 0.290. The fourth-order valence-corrected chi connectivity index (χ4v) is 11.9. The average Bonchev–Trinajstić information content (AvgIpc) is 1.58. The summed E-state index contributed by atoms with van der Waals surface area (Å²) in [7, 11) is 0. The van der Waals surface area contributed by atoms with Crippen LogP contribution in [0.2, 0.25) is 0 Å². The number of nitriles is 10. The first-order chi connectivity index (χ1) is 43.1. The van der Waals surface area contributed by atoms with Crippen LogP contribution in [0.15, 0.2) is 200 Å². The largest absolute Gasteiger partial charge is 0.309 e. The zero-order chi connectivity index (χ0) is 60.7. The van der Waals surface area contributed by atoms with E-state index in [0.29, 0.717) is 150 Å². The summed E-state index contributed by atoms with van der Waals surface area (Å²) in [5.41, 5.74) is 14.9. The van der Waals surface area contributed by atoms with Gasteiger partial charge >= 0.3 is 0 Å². The zero-order valence-electron chi connectivity index (χ0n) is 45.9. The topological polar surface area (TPSA) is 261 Å². The molecule has 0 atom stereocenters. The number of aromatic nitrogens is 3. The lowest BCUT2D eigenvalue weighted by Gasteiger charge is -2.23. The molecule has 0 unspecified atom stereocenters. The Kier molecular flexibility index (Phi) is 13.1. The van der Waals surface area contributed by atoms with E-state index in [1.165, 1.54) is 24.3 Å². The molecular formula is C75H33N13. The van der Waals surface area contributed by atoms with Gasteiger partial charge in [0.1, 0.15) is 0 Å². The van der Waals surface area contributed by atoms with Gasteiger partial charge in [-0.3, -0.25) is 4.98 Å². The lowest BCUT2D eigenvalue weighted by atomic mass is 9.90. The highest BCUT2D eigenvalue weighted by atomic mass is 15.0. The number of hydrogen-bond acceptors (Lipinski definition) is 11. The van der Waals surface area contributed by atoms with Crippen molar-refractivity contribution in [3.8, 4) is 139 Å². The highest BCUT2D eigenvalue weighted by Crippen LogP contribution is 2.48. The first kappa shape index (κ1) is 53.2. The van der Waals surface area contributed by atoms with Crippen molar-refractivity contribution >= 4 is 43.6 Å². The molecule has 0 aliphatic carbocycles. The van der Waals surface area contributed by atoms with E-state index in [0.717, 1.165) is 27.1 Å². The molecule has 13 nitrogen and oxygen atoms in total. The number of fused-ring (bicyclic) bond motifs is 6. The summed E-state index contributed by atoms with van der Waals surface area (Å²) in [5.74, 6) is 0. The average molecular weight is 1120 g/mol. The molecule has 0 aliphatic heterocycles. The first-order valence-corrected chi connectivity index (χ1v) is 27.1. The quantitative estimate of drug-likeness (QED) is 0.138. The van der Waals surface area contributed by atoms with Gasteiger partial charge in [0.15, 0.2) is 0 Å². The molecule has 13 aromatic rings. The second-order valence-electron chi connectivity index (χ2n) is 20.8. The molecule has 0 amide bonds. The standard InChI is InChI=1S/C75H33N13/c76-34-44-1-7-64(73(29-44)87-69-9-3-54(59-21-45(35-77)17-46(22-59)36-78)30-65(69)66-31-55(4-10-70(66)87)60-23-47(37-79)18-48(24-60)38-80)74-58(43-85)2-8-63(53-13-15-86-16-14-53)75(74)88-71-11-5-56(61-25-49(39-81)19-50(26-61)40-82)32-67(71)68-33-57(6-12-72(68)88)62-27-51(41-83)20-52(28-62)42-84/h1-33H. The van der Waals surface area contributed by atoms with E-state index < -0.39 is 0 Å². The van der Waals surface area contributed by atoms with Gasteiger partial charge in [0.25, 0.3) is 0 Å². The summed E-state index contributed by atoms with van der Waals surface area (Å²) in [6, 6.07) is 78.7. The fraction of sp³-hybridized carbons (Fsp3) is 0. The summed E-state index contributed by atoms with van der Waals surface area (Å²) >= 11 is 0. The molecule has 0 N–H and O–H groups in total. The Hall–Kier alpha value is -14.2. The van der Waals surface area contributed by atoms with Crippen LogP contribution in [0.5, 0.6) is 0 Å². The lowest BCUT2D eigenvalue weighted by Crippen LogP contribution is -2.06. The van der Waals surface area contributed by atoms with Gasteiger partial charge in [0, 0.05) is 50.6 Å². The first-order valence-electron chi connectivity index (χ1n) is 27.1. The number of benzene rings is 10. The molecule has 88 heavy (non-hydrogen) atoms. The maximum atomic E-state index is 11.6. The third-order valence-corrected chi connectivity index (χ3v) is 15.8. The van der Waals surface area contributed by atoms with Gasteiger partial charge in [-0.05, 0) is 202 Å². The van der Waals surface area contributed by atoms with Gasteiger partial charge in [-0.25, -0.2) is 0 Å². The predicted octanol–water partition coefficient (Wildman–Crippen LogP) is 16.0. The van der Waals surface area contributed by atoms with Crippen molar-refractivity contribution in [2.24, 2.45) is 0 Å². The Labute approximate surface area is 502 Å². The van der Waals surface area contributed by atoms with E-state index in [1.807, 2.05) is 97.1 Å². The fourth-order valence-electron chi connectivity index (χ4n) is 11.9. The van der Waals surface area contributed by atoms with Crippen molar-refractivity contribution in [1.82, 2.24) is 14.1 Å². The van der Waals surface area contributed by atoms with Crippen LogP contribution in [0.1, 0.15) is 55.6 Å². The zero-order valence-corrected chi connectivity index (χ0v) is 45.9. The predicted molar refractivity (Wildman–Crippen MR) is 333 cm³/mol. The van der Waals surface area contributed by atoms with Gasteiger partial charge in [-0.15, -0.1) is 0 Å². The third-order valence-electron chi connectivity index (χ3n) is 15.8. The summed E-state index contributed by atoms with van der Waals surface area (Å²) in [6.07, 6.45) is 3.39. The van der Waals surface area contributed by atoms with Crippen LogP contribution in [0.4, 0.5) is 0 Å². The number of hydrogen-bond donors (Lipinski definition) is 0. The molecule has 10 aromatic carbocycles. The van der Waals surface area contributed by atoms with Crippen LogP contribution in [0, 0.1) is 113 Å². The minimum Gasteiger partial charge on any atom is -0.309 e. The minimum absolute atomic E-state index is 0.290. The maximum Gasteiger partial charge on any atom is 0.0999 e. The smallest absolute Gasteiger partial charge is 0.0999 e. The van der Waals surface area contributed by atoms with Crippen LogP contribution in [0.25, 0.3) is 122 Å². The highest BCUT2D eigenvalue weighted by molar-refractivity contribution is 6.15. The second-order valence-corrected chi connectivity index (χ2v) is 20.8. The lowest BCUT2D eigenvalue weighted by molar-refractivity contribution is 1.16. The van der Waals surface area contributed by atoms with E-state index in [1.54, 1.807) is 79.1 Å². The van der Waals surface area contributed by atoms with Gasteiger partial charge in [-0.2, -0.15) is 52.6 Å². The Morgan fingerprint density at radius 2 is 0.580 bits per heavy atom. The molecule has 0 aliphatic rings. The van der Waals surface area contributed by atoms with E-state index in [4.69, 9.17) is 0 Å². The summed E-state index contributed by atoms with van der Waals surface area (Å²) in [6.45, 7) is 0. The van der Waals surface area contributed by atoms with Crippen LogP contribution in [0.3, 0.4) is 0 Å². The Morgan fingerprint density at radius 1 is 0.250 bits per heavy atom. The molecule has 3 heterocycles. The third kappa shape index (κ3) is 9.03. The Morgan fingerprint density at radius 3 is 0.909 bits per heavy atom. The summed E-state index contributed by atoms with van der Waals surface area (Å²) in [4.78, 5) is 4.38. The molecule has 13 heteroatoms. The van der Waals surface area contributed by atoms with Crippen LogP contribution < -0.4 is 0 Å².